The molecule has 3 saturated carbocycles. The van der Waals surface area contributed by atoms with Crippen molar-refractivity contribution in [2.45, 2.75) is 52.3 Å². The number of amides is 1. The van der Waals surface area contributed by atoms with Gasteiger partial charge < -0.3 is 14.8 Å². The first-order chi connectivity index (χ1) is 11.0. The molecule has 4 atom stereocenters. The lowest BCUT2D eigenvalue weighted by Crippen LogP contribution is -2.57. The highest BCUT2D eigenvalue weighted by molar-refractivity contribution is 5.72. The fraction of sp³-hybridized carbons (Fsp3) is 0.875. The maximum Gasteiger partial charge on any atom is 0.422 e. The Balaban J connectivity index is 1.65. The van der Waals surface area contributed by atoms with Crippen molar-refractivity contribution in [3.8, 4) is 0 Å². The summed E-state index contributed by atoms with van der Waals surface area (Å²) in [4.78, 5) is 22.9. The number of esters is 1. The lowest BCUT2D eigenvalue weighted by Gasteiger charge is -2.61. The Labute approximate surface area is 139 Å². The molecule has 3 aliphatic carbocycles. The third-order valence-corrected chi connectivity index (χ3v) is 5.53. The van der Waals surface area contributed by atoms with Gasteiger partial charge in [0.15, 0.2) is 6.61 Å². The summed E-state index contributed by atoms with van der Waals surface area (Å²) < 4.78 is 45.1. The van der Waals surface area contributed by atoms with Gasteiger partial charge in [0.1, 0.15) is 6.10 Å². The van der Waals surface area contributed by atoms with Crippen LogP contribution in [0, 0.1) is 23.2 Å². The predicted octanol–water partition coefficient (Wildman–Crippen LogP) is 3.28. The Bertz CT molecular complexity index is 492. The number of rotatable bonds is 5. The van der Waals surface area contributed by atoms with Crippen molar-refractivity contribution in [2.24, 2.45) is 23.2 Å². The SMILES string of the molecule is C[C@@H]1[C@H]2C[C@H](C[C@H]1OC(=O)CCNC(=O)OCC(F)(F)F)C2(C)C. The highest BCUT2D eigenvalue weighted by Crippen LogP contribution is 2.61. The van der Waals surface area contributed by atoms with E-state index in [4.69, 9.17) is 4.74 Å². The number of alkyl halides is 3. The molecule has 0 aliphatic heterocycles. The average molecular weight is 351 g/mol. The van der Waals surface area contributed by atoms with E-state index < -0.39 is 24.8 Å². The van der Waals surface area contributed by atoms with Crippen molar-refractivity contribution >= 4 is 12.1 Å². The molecule has 2 bridgehead atoms. The summed E-state index contributed by atoms with van der Waals surface area (Å²) >= 11 is 0. The summed E-state index contributed by atoms with van der Waals surface area (Å²) in [7, 11) is 0. The van der Waals surface area contributed by atoms with E-state index in [0.717, 1.165) is 6.42 Å². The second-order valence-electron chi connectivity index (χ2n) is 7.35. The summed E-state index contributed by atoms with van der Waals surface area (Å²) in [6.45, 7) is 4.82. The van der Waals surface area contributed by atoms with Gasteiger partial charge in [-0.1, -0.05) is 20.8 Å². The van der Waals surface area contributed by atoms with Crippen LogP contribution in [0.15, 0.2) is 0 Å². The molecule has 138 valence electrons. The number of alkyl carbamates (subject to hydrolysis) is 1. The molecule has 8 heteroatoms. The zero-order chi connectivity index (χ0) is 18.1. The maximum atomic E-state index is 11.9. The second-order valence-corrected chi connectivity index (χ2v) is 7.35. The van der Waals surface area contributed by atoms with Crippen molar-refractivity contribution < 1.29 is 32.2 Å². The van der Waals surface area contributed by atoms with E-state index in [1.807, 2.05) is 0 Å². The second kappa shape index (κ2) is 6.80. The first-order valence-corrected chi connectivity index (χ1v) is 8.17. The fourth-order valence-corrected chi connectivity index (χ4v) is 3.95. The zero-order valence-electron chi connectivity index (χ0n) is 14.1. The molecule has 3 rings (SSSR count). The van der Waals surface area contributed by atoms with Crippen LogP contribution in [0.4, 0.5) is 18.0 Å². The summed E-state index contributed by atoms with van der Waals surface area (Å²) in [5, 5.41) is 2.10. The molecular formula is C16H24F3NO4. The van der Waals surface area contributed by atoms with Crippen LogP contribution < -0.4 is 5.32 Å². The highest BCUT2D eigenvalue weighted by Gasteiger charge is 2.57. The van der Waals surface area contributed by atoms with Crippen molar-refractivity contribution in [3.05, 3.63) is 0 Å². The molecule has 0 spiro atoms. The highest BCUT2D eigenvalue weighted by atomic mass is 19.4. The van der Waals surface area contributed by atoms with Gasteiger partial charge in [-0.3, -0.25) is 4.79 Å². The molecule has 0 heterocycles. The number of halogens is 3. The minimum atomic E-state index is -4.57. The molecule has 1 N–H and O–H groups in total. The summed E-state index contributed by atoms with van der Waals surface area (Å²) in [5.41, 5.74) is 0.298. The minimum Gasteiger partial charge on any atom is -0.462 e. The van der Waals surface area contributed by atoms with E-state index in [-0.39, 0.29) is 19.1 Å². The Hall–Kier alpha value is -1.47. The molecule has 3 aliphatic rings. The van der Waals surface area contributed by atoms with Gasteiger partial charge in [-0.25, -0.2) is 4.79 Å². The molecule has 0 radical (unpaired) electrons. The van der Waals surface area contributed by atoms with E-state index in [1.165, 1.54) is 6.42 Å². The van der Waals surface area contributed by atoms with Gasteiger partial charge in [-0.15, -0.1) is 0 Å². The van der Waals surface area contributed by atoms with E-state index in [1.54, 1.807) is 0 Å². The van der Waals surface area contributed by atoms with Gasteiger partial charge in [0.25, 0.3) is 0 Å². The third-order valence-electron chi connectivity index (χ3n) is 5.53. The summed E-state index contributed by atoms with van der Waals surface area (Å²) in [5.74, 6) is 0.942. The van der Waals surface area contributed by atoms with Gasteiger partial charge in [-0.2, -0.15) is 13.2 Å². The summed E-state index contributed by atoms with van der Waals surface area (Å²) in [6, 6.07) is 0. The number of fused-ring (bicyclic) bond motifs is 2. The number of carbonyl (C=O) groups excluding carboxylic acids is 2. The Kier molecular flexibility index (Phi) is 5.34. The van der Waals surface area contributed by atoms with Crippen LogP contribution in [0.5, 0.6) is 0 Å². The Morgan fingerprint density at radius 2 is 1.92 bits per heavy atom. The van der Waals surface area contributed by atoms with Gasteiger partial charge in [0.2, 0.25) is 0 Å². The molecule has 0 saturated heterocycles. The van der Waals surface area contributed by atoms with Gasteiger partial charge >= 0.3 is 18.2 Å². The van der Waals surface area contributed by atoms with Crippen molar-refractivity contribution in [3.63, 3.8) is 0 Å². The van der Waals surface area contributed by atoms with E-state index >= 15 is 0 Å². The quantitative estimate of drug-likeness (QED) is 0.772. The van der Waals surface area contributed by atoms with Crippen LogP contribution in [0.2, 0.25) is 0 Å². The van der Waals surface area contributed by atoms with Gasteiger partial charge in [-0.05, 0) is 36.0 Å². The largest absolute Gasteiger partial charge is 0.462 e. The number of hydrogen-bond acceptors (Lipinski definition) is 4. The van der Waals surface area contributed by atoms with E-state index in [9.17, 15) is 22.8 Å². The molecule has 3 fully saturated rings. The number of carbonyl (C=O) groups is 2. The molecule has 5 nitrogen and oxygen atoms in total. The van der Waals surface area contributed by atoms with Gasteiger partial charge in [0.05, 0.1) is 6.42 Å². The molecule has 0 aromatic heterocycles. The zero-order valence-corrected chi connectivity index (χ0v) is 14.1. The number of hydrogen-bond donors (Lipinski definition) is 1. The standard InChI is InChI=1S/C16H24F3NO4/c1-9-11-6-10(15(11,2)3)7-12(9)24-13(21)4-5-20-14(22)23-8-16(17,18)19/h9-12H,4-8H2,1-3H3,(H,20,22)/t9-,10-,11-,12-/m1/s1. The van der Waals surface area contributed by atoms with Crippen LogP contribution in [0.3, 0.4) is 0 Å². The minimum absolute atomic E-state index is 0.0942. The van der Waals surface area contributed by atoms with Crippen molar-refractivity contribution in [2.75, 3.05) is 13.2 Å². The van der Waals surface area contributed by atoms with Crippen molar-refractivity contribution in [1.82, 2.24) is 5.32 Å². The van der Waals surface area contributed by atoms with Crippen molar-refractivity contribution in [1.29, 1.82) is 0 Å². The first kappa shape index (κ1) is 18.9. The predicted molar refractivity (Wildman–Crippen MR) is 79.1 cm³/mol. The van der Waals surface area contributed by atoms with E-state index in [2.05, 4.69) is 30.8 Å². The monoisotopic (exact) mass is 351 g/mol. The molecule has 24 heavy (non-hydrogen) atoms. The smallest absolute Gasteiger partial charge is 0.422 e. The first-order valence-electron chi connectivity index (χ1n) is 8.17. The lowest BCUT2D eigenvalue weighted by atomic mass is 9.45. The number of nitrogens with one attached hydrogen (secondary N) is 1. The van der Waals surface area contributed by atoms with Crippen LogP contribution in [-0.2, 0) is 14.3 Å². The molecule has 1 amide bonds. The van der Waals surface area contributed by atoms with Crippen LogP contribution in [-0.4, -0.2) is 37.5 Å². The summed E-state index contributed by atoms with van der Waals surface area (Å²) in [6.07, 6.45) is -3.96. The third kappa shape index (κ3) is 4.33. The van der Waals surface area contributed by atoms with E-state index in [0.29, 0.717) is 23.2 Å². The molecule has 0 unspecified atom stereocenters. The maximum absolute atomic E-state index is 11.9. The van der Waals surface area contributed by atoms with Crippen LogP contribution in [0.1, 0.15) is 40.0 Å². The fourth-order valence-electron chi connectivity index (χ4n) is 3.95. The van der Waals surface area contributed by atoms with Gasteiger partial charge in [0, 0.05) is 6.54 Å². The topological polar surface area (TPSA) is 64.6 Å². The molecule has 0 aromatic carbocycles. The average Bonchev–Trinajstić information content (AvgIpc) is 2.46. The Morgan fingerprint density at radius 3 is 2.46 bits per heavy atom. The normalized spacial score (nSPS) is 30.9. The molecule has 0 aromatic rings. The lowest BCUT2D eigenvalue weighted by molar-refractivity contribution is -0.186. The van der Waals surface area contributed by atoms with Crippen LogP contribution >= 0.6 is 0 Å². The Morgan fingerprint density at radius 1 is 1.25 bits per heavy atom. The molecular weight excluding hydrogens is 327 g/mol. The van der Waals surface area contributed by atoms with Crippen LogP contribution in [0.25, 0.3) is 0 Å². The number of ether oxygens (including phenoxy) is 2.